The molecule has 1 aliphatic heterocycles. The summed E-state index contributed by atoms with van der Waals surface area (Å²) >= 11 is 0. The summed E-state index contributed by atoms with van der Waals surface area (Å²) < 4.78 is 5.37. The fourth-order valence-corrected chi connectivity index (χ4v) is 3.05. The van der Waals surface area contributed by atoms with Crippen molar-refractivity contribution in [3.05, 3.63) is 59.2 Å². The van der Waals surface area contributed by atoms with Crippen molar-refractivity contribution in [3.8, 4) is 5.75 Å². The van der Waals surface area contributed by atoms with Crippen LogP contribution in [0.25, 0.3) is 0 Å². The molecule has 0 spiro atoms. The summed E-state index contributed by atoms with van der Waals surface area (Å²) in [7, 11) is 1.71. The Morgan fingerprint density at radius 2 is 1.71 bits per heavy atom. The summed E-state index contributed by atoms with van der Waals surface area (Å²) in [5, 5.41) is 0. The number of nitrogens with zero attached hydrogens (tertiary/aromatic N) is 1. The zero-order chi connectivity index (χ0) is 14.7. The Kier molecular flexibility index (Phi) is 4.11. The molecule has 3 rings (SSSR count). The third-order valence-electron chi connectivity index (χ3n) is 4.27. The molecule has 0 aromatic heterocycles. The number of hydrogen-bond acceptors (Lipinski definition) is 3. The van der Waals surface area contributed by atoms with Gasteiger partial charge in [-0.2, -0.15) is 0 Å². The molecule has 0 saturated carbocycles. The largest absolute Gasteiger partial charge is 0.497 e. The summed E-state index contributed by atoms with van der Waals surface area (Å²) in [6, 6.07) is 14.9. The highest BCUT2D eigenvalue weighted by Crippen LogP contribution is 2.28. The third kappa shape index (κ3) is 2.88. The van der Waals surface area contributed by atoms with Crippen molar-refractivity contribution >= 4 is 5.69 Å². The number of benzene rings is 2. The van der Waals surface area contributed by atoms with Gasteiger partial charge in [0.15, 0.2) is 0 Å². The molecule has 0 unspecified atom stereocenters. The molecule has 2 N–H and O–H groups in total. The maximum absolute atomic E-state index is 5.90. The quantitative estimate of drug-likeness (QED) is 0.941. The van der Waals surface area contributed by atoms with Crippen LogP contribution in [0.15, 0.2) is 42.5 Å². The highest BCUT2D eigenvalue weighted by Gasteiger charge is 2.16. The molecule has 3 heteroatoms. The Hall–Kier alpha value is -2.00. The molecule has 110 valence electrons. The zero-order valence-electron chi connectivity index (χ0n) is 12.5. The molecule has 0 amide bonds. The highest BCUT2D eigenvalue weighted by molar-refractivity contribution is 5.58. The number of rotatable bonds is 3. The van der Waals surface area contributed by atoms with Crippen LogP contribution in [0.1, 0.15) is 16.7 Å². The molecule has 1 heterocycles. The van der Waals surface area contributed by atoms with Crippen molar-refractivity contribution in [2.24, 2.45) is 5.73 Å². The van der Waals surface area contributed by atoms with Crippen molar-refractivity contribution in [3.63, 3.8) is 0 Å². The fourth-order valence-electron chi connectivity index (χ4n) is 3.05. The Balaban J connectivity index is 1.88. The standard InChI is InChI=1S/C18H22N2O/c1-21-17-7-6-16(13-19)18(12-17)20-10-8-14-4-2-3-5-15(14)9-11-20/h2-7,12H,8-11,13,19H2,1H3. The van der Waals surface area contributed by atoms with E-state index in [1.165, 1.54) is 22.4 Å². The van der Waals surface area contributed by atoms with Crippen LogP contribution in [0, 0.1) is 0 Å². The van der Waals surface area contributed by atoms with Crippen LogP contribution in [0.2, 0.25) is 0 Å². The van der Waals surface area contributed by atoms with Gasteiger partial charge >= 0.3 is 0 Å². The van der Waals surface area contributed by atoms with Crippen LogP contribution < -0.4 is 15.4 Å². The van der Waals surface area contributed by atoms with E-state index in [9.17, 15) is 0 Å². The lowest BCUT2D eigenvalue weighted by Crippen LogP contribution is -2.27. The van der Waals surface area contributed by atoms with Gasteiger partial charge in [0.2, 0.25) is 0 Å². The second kappa shape index (κ2) is 6.19. The van der Waals surface area contributed by atoms with Crippen molar-refractivity contribution in [2.75, 3.05) is 25.1 Å². The number of ether oxygens (including phenoxy) is 1. The lowest BCUT2D eigenvalue weighted by atomic mass is 10.0. The summed E-state index contributed by atoms with van der Waals surface area (Å²) in [4.78, 5) is 2.44. The van der Waals surface area contributed by atoms with E-state index in [1.54, 1.807) is 7.11 Å². The molecule has 21 heavy (non-hydrogen) atoms. The van der Waals surface area contributed by atoms with Gasteiger partial charge in [0.1, 0.15) is 5.75 Å². The molecule has 3 nitrogen and oxygen atoms in total. The van der Waals surface area contributed by atoms with E-state index in [-0.39, 0.29) is 0 Å². The average Bonchev–Trinajstić information content (AvgIpc) is 2.77. The summed E-state index contributed by atoms with van der Waals surface area (Å²) in [6.45, 7) is 2.61. The van der Waals surface area contributed by atoms with Gasteiger partial charge in [-0.25, -0.2) is 0 Å². The molecule has 1 aliphatic rings. The van der Waals surface area contributed by atoms with Crippen LogP contribution in [-0.2, 0) is 19.4 Å². The zero-order valence-corrected chi connectivity index (χ0v) is 12.5. The second-order valence-corrected chi connectivity index (χ2v) is 5.45. The summed E-state index contributed by atoms with van der Waals surface area (Å²) in [5.74, 6) is 0.893. The number of fused-ring (bicyclic) bond motifs is 1. The molecule has 0 bridgehead atoms. The van der Waals surface area contributed by atoms with E-state index < -0.39 is 0 Å². The highest BCUT2D eigenvalue weighted by atomic mass is 16.5. The maximum atomic E-state index is 5.90. The average molecular weight is 282 g/mol. The molecular weight excluding hydrogens is 260 g/mol. The summed E-state index contributed by atoms with van der Waals surface area (Å²) in [5.41, 5.74) is 11.2. The van der Waals surface area contributed by atoms with Crippen LogP contribution >= 0.6 is 0 Å². The first-order valence-corrected chi connectivity index (χ1v) is 7.50. The first-order valence-electron chi connectivity index (χ1n) is 7.50. The van der Waals surface area contributed by atoms with Gasteiger partial charge in [-0.05, 0) is 35.6 Å². The Labute approximate surface area is 126 Å². The predicted molar refractivity (Wildman–Crippen MR) is 86.9 cm³/mol. The second-order valence-electron chi connectivity index (χ2n) is 5.45. The van der Waals surface area contributed by atoms with E-state index in [0.717, 1.165) is 31.7 Å². The molecule has 0 fully saturated rings. The first kappa shape index (κ1) is 14.0. The number of hydrogen-bond donors (Lipinski definition) is 1. The topological polar surface area (TPSA) is 38.5 Å². The first-order chi connectivity index (χ1) is 10.3. The minimum atomic E-state index is 0.558. The van der Waals surface area contributed by atoms with Gasteiger partial charge in [0.05, 0.1) is 7.11 Å². The Bertz CT molecular complexity index is 597. The minimum Gasteiger partial charge on any atom is -0.497 e. The van der Waals surface area contributed by atoms with E-state index >= 15 is 0 Å². The lowest BCUT2D eigenvalue weighted by molar-refractivity contribution is 0.414. The molecule has 0 aliphatic carbocycles. The fraction of sp³-hybridized carbons (Fsp3) is 0.333. The minimum absolute atomic E-state index is 0.558. The van der Waals surface area contributed by atoms with E-state index in [2.05, 4.69) is 41.3 Å². The van der Waals surface area contributed by atoms with E-state index in [0.29, 0.717) is 6.54 Å². The summed E-state index contributed by atoms with van der Waals surface area (Å²) in [6.07, 6.45) is 2.16. The van der Waals surface area contributed by atoms with Crippen molar-refractivity contribution < 1.29 is 4.74 Å². The van der Waals surface area contributed by atoms with Crippen LogP contribution in [0.4, 0.5) is 5.69 Å². The number of methoxy groups -OCH3 is 1. The van der Waals surface area contributed by atoms with Gasteiger partial charge in [0, 0.05) is 31.4 Å². The maximum Gasteiger partial charge on any atom is 0.120 e. The Morgan fingerprint density at radius 3 is 2.29 bits per heavy atom. The smallest absolute Gasteiger partial charge is 0.120 e. The Morgan fingerprint density at radius 1 is 1.05 bits per heavy atom. The molecule has 0 saturated heterocycles. The van der Waals surface area contributed by atoms with Crippen LogP contribution in [0.5, 0.6) is 5.75 Å². The van der Waals surface area contributed by atoms with Gasteiger partial charge < -0.3 is 15.4 Å². The third-order valence-corrected chi connectivity index (χ3v) is 4.27. The van der Waals surface area contributed by atoms with Crippen molar-refractivity contribution in [1.29, 1.82) is 0 Å². The van der Waals surface area contributed by atoms with Crippen LogP contribution in [-0.4, -0.2) is 20.2 Å². The van der Waals surface area contributed by atoms with Crippen LogP contribution in [0.3, 0.4) is 0 Å². The van der Waals surface area contributed by atoms with E-state index in [1.807, 2.05) is 6.07 Å². The van der Waals surface area contributed by atoms with Gasteiger partial charge in [0.25, 0.3) is 0 Å². The lowest BCUT2D eigenvalue weighted by Gasteiger charge is -2.25. The number of nitrogens with two attached hydrogens (primary N) is 1. The molecule has 0 radical (unpaired) electrons. The van der Waals surface area contributed by atoms with Crippen molar-refractivity contribution in [2.45, 2.75) is 19.4 Å². The van der Waals surface area contributed by atoms with Gasteiger partial charge in [-0.1, -0.05) is 30.3 Å². The van der Waals surface area contributed by atoms with Gasteiger partial charge in [-0.15, -0.1) is 0 Å². The SMILES string of the molecule is COc1ccc(CN)c(N2CCc3ccccc3CC2)c1. The normalized spacial score (nSPS) is 14.5. The van der Waals surface area contributed by atoms with Crippen molar-refractivity contribution in [1.82, 2.24) is 0 Å². The van der Waals surface area contributed by atoms with Gasteiger partial charge in [-0.3, -0.25) is 0 Å². The molecule has 2 aromatic carbocycles. The molecular formula is C18H22N2O. The monoisotopic (exact) mass is 282 g/mol. The molecule has 2 aromatic rings. The van der Waals surface area contributed by atoms with E-state index in [4.69, 9.17) is 10.5 Å². The molecule has 0 atom stereocenters. The number of anilines is 1. The predicted octanol–water partition coefficient (Wildman–Crippen LogP) is 2.76.